The van der Waals surface area contributed by atoms with E-state index in [2.05, 4.69) is 20.7 Å². The van der Waals surface area contributed by atoms with Crippen molar-refractivity contribution >= 4 is 28.4 Å². The van der Waals surface area contributed by atoms with Gasteiger partial charge in [-0.05, 0) is 73.6 Å². The summed E-state index contributed by atoms with van der Waals surface area (Å²) in [6.07, 6.45) is 8.46. The van der Waals surface area contributed by atoms with E-state index >= 15 is 4.39 Å². The highest BCUT2D eigenvalue weighted by Gasteiger charge is 2.58. The van der Waals surface area contributed by atoms with Crippen LogP contribution >= 0.6 is 0 Å². The lowest BCUT2D eigenvalue weighted by atomic mass is 9.50. The van der Waals surface area contributed by atoms with Crippen molar-refractivity contribution in [2.75, 3.05) is 12.4 Å². The lowest BCUT2D eigenvalue weighted by Gasteiger charge is -2.61. The third-order valence-corrected chi connectivity index (χ3v) is 7.46. The van der Waals surface area contributed by atoms with Crippen molar-refractivity contribution in [3.8, 4) is 11.5 Å². The first kappa shape index (κ1) is 23.1. The molecule has 0 unspecified atom stereocenters. The lowest BCUT2D eigenvalue weighted by molar-refractivity contribution is -0.115. The summed E-state index contributed by atoms with van der Waals surface area (Å²) in [4.78, 5) is 29.0. The number of hydrogen-bond donors (Lipinski definition) is 2. The van der Waals surface area contributed by atoms with E-state index in [1.807, 2.05) is 10.9 Å². The molecule has 0 aliphatic heterocycles. The monoisotopic (exact) mass is 499 g/mol. The summed E-state index contributed by atoms with van der Waals surface area (Å²) in [7, 11) is 1.56. The third kappa shape index (κ3) is 4.10. The predicted molar refractivity (Wildman–Crippen MR) is 136 cm³/mol. The van der Waals surface area contributed by atoms with Crippen LogP contribution in [0, 0.1) is 18.7 Å². The first-order valence-corrected chi connectivity index (χ1v) is 12.3. The van der Waals surface area contributed by atoms with Crippen LogP contribution in [0.2, 0.25) is 0 Å². The van der Waals surface area contributed by atoms with Crippen LogP contribution in [0.5, 0.6) is 11.5 Å². The average Bonchev–Trinajstić information content (AvgIpc) is 3.27. The number of halogens is 1. The number of pyridine rings is 1. The minimum absolute atomic E-state index is 0.112. The van der Waals surface area contributed by atoms with Crippen LogP contribution in [0.4, 0.5) is 10.1 Å². The van der Waals surface area contributed by atoms with E-state index in [1.165, 1.54) is 6.07 Å². The Morgan fingerprint density at radius 2 is 1.97 bits per heavy atom. The molecule has 3 aliphatic rings. The van der Waals surface area contributed by atoms with Gasteiger partial charge in [0.05, 0.1) is 29.4 Å². The topological polar surface area (TPSA) is 98.1 Å². The second-order valence-corrected chi connectivity index (χ2v) is 10.0. The van der Waals surface area contributed by atoms with Crippen molar-refractivity contribution in [3.63, 3.8) is 0 Å². The molecule has 3 saturated carbocycles. The Labute approximate surface area is 212 Å². The molecule has 7 rings (SSSR count). The van der Waals surface area contributed by atoms with E-state index in [0.717, 1.165) is 25.2 Å². The molecule has 2 aromatic heterocycles. The van der Waals surface area contributed by atoms with Crippen LogP contribution < -0.4 is 15.4 Å². The smallest absolute Gasteiger partial charge is 0.251 e. The maximum absolute atomic E-state index is 15.0. The molecule has 0 saturated heterocycles. The number of rotatable bonds is 7. The van der Waals surface area contributed by atoms with Gasteiger partial charge in [0.15, 0.2) is 0 Å². The molecule has 0 atom stereocenters. The van der Waals surface area contributed by atoms with Crippen LogP contribution in [0.1, 0.15) is 40.7 Å². The first-order valence-electron chi connectivity index (χ1n) is 12.3. The Bertz CT molecular complexity index is 1550. The Morgan fingerprint density at radius 1 is 1.16 bits per heavy atom. The van der Waals surface area contributed by atoms with Crippen LogP contribution in [-0.4, -0.2) is 33.6 Å². The van der Waals surface area contributed by atoms with E-state index in [4.69, 9.17) is 4.74 Å². The number of benzene rings is 2. The number of nitrogens with one attached hydrogen (secondary N) is 2. The predicted octanol–water partition coefficient (Wildman–Crippen LogP) is 4.72. The zero-order chi connectivity index (χ0) is 25.7. The quantitative estimate of drug-likeness (QED) is 0.383. The standard InChI is InChI=1S/C28H26FN5O3/c1-16-7-19(9-26(35)33-20-14-32-34(15-20)28-11-17(12-28)13-28)22(29)10-25(16)37-24-5-6-31-23-4-3-18(8-21(23)24)27(36)30-2/h3-8,10,14-15,17H,9,11-13H2,1-2H3,(H,30,36)(H,33,35). The van der Waals surface area contributed by atoms with E-state index in [-0.39, 0.29) is 29.3 Å². The van der Waals surface area contributed by atoms with Crippen molar-refractivity contribution in [2.45, 2.75) is 38.1 Å². The average molecular weight is 500 g/mol. The highest BCUT2D eigenvalue weighted by atomic mass is 19.1. The van der Waals surface area contributed by atoms with Crippen LogP contribution in [-0.2, 0) is 16.8 Å². The molecule has 2 amide bonds. The zero-order valence-electron chi connectivity index (χ0n) is 20.5. The molecule has 0 spiro atoms. The number of aromatic nitrogens is 3. The number of anilines is 1. The molecule has 3 fully saturated rings. The van der Waals surface area contributed by atoms with E-state index in [1.54, 1.807) is 56.7 Å². The van der Waals surface area contributed by atoms with E-state index in [0.29, 0.717) is 39.2 Å². The molecule has 188 valence electrons. The van der Waals surface area contributed by atoms with Gasteiger partial charge in [-0.25, -0.2) is 4.39 Å². The molecule has 8 nitrogen and oxygen atoms in total. The number of carbonyl (C=O) groups is 2. The number of hydrogen-bond acceptors (Lipinski definition) is 5. The van der Waals surface area contributed by atoms with Crippen LogP contribution in [0.25, 0.3) is 10.9 Å². The van der Waals surface area contributed by atoms with Crippen molar-refractivity contribution in [1.82, 2.24) is 20.1 Å². The molecular formula is C28H26FN5O3. The Balaban J connectivity index is 1.18. The van der Waals surface area contributed by atoms with Gasteiger partial charge >= 0.3 is 0 Å². The molecule has 37 heavy (non-hydrogen) atoms. The fraction of sp³-hybridized carbons (Fsp3) is 0.286. The second-order valence-electron chi connectivity index (χ2n) is 10.0. The number of nitrogens with zero attached hydrogens (tertiary/aromatic N) is 3. The van der Waals surface area contributed by atoms with Crippen LogP contribution in [0.3, 0.4) is 0 Å². The van der Waals surface area contributed by atoms with Gasteiger partial charge in [0.1, 0.15) is 17.3 Å². The molecule has 0 radical (unpaired) electrons. The SMILES string of the molecule is CNC(=O)c1ccc2nccc(Oc3cc(F)c(CC(=O)Nc4cnn(C56CC(C5)C6)c4)cc3C)c2c1. The first-order chi connectivity index (χ1) is 17.8. The van der Waals surface area contributed by atoms with Crippen molar-refractivity contribution in [3.05, 3.63) is 77.5 Å². The molecular weight excluding hydrogens is 473 g/mol. The number of fused-ring (bicyclic) bond motifs is 1. The summed E-state index contributed by atoms with van der Waals surface area (Å²) in [5.74, 6) is 0.519. The summed E-state index contributed by atoms with van der Waals surface area (Å²) in [5, 5.41) is 10.5. The Morgan fingerprint density at radius 3 is 2.70 bits per heavy atom. The molecule has 3 aliphatic carbocycles. The maximum Gasteiger partial charge on any atom is 0.251 e. The van der Waals surface area contributed by atoms with Crippen LogP contribution in [0.15, 0.2) is 55.0 Å². The third-order valence-electron chi connectivity index (χ3n) is 7.46. The normalized spacial score (nSPS) is 19.6. The molecule has 2 heterocycles. The fourth-order valence-corrected chi connectivity index (χ4v) is 5.32. The highest BCUT2D eigenvalue weighted by molar-refractivity contribution is 5.99. The van der Waals surface area contributed by atoms with Gasteiger partial charge in [-0.15, -0.1) is 0 Å². The minimum atomic E-state index is -0.537. The largest absolute Gasteiger partial charge is 0.456 e. The van der Waals surface area contributed by atoms with Gasteiger partial charge < -0.3 is 15.4 Å². The number of ether oxygens (including phenoxy) is 1. The number of carbonyl (C=O) groups excluding carboxylic acids is 2. The van der Waals surface area contributed by atoms with Crippen molar-refractivity contribution in [1.29, 1.82) is 0 Å². The van der Waals surface area contributed by atoms with Crippen molar-refractivity contribution in [2.24, 2.45) is 5.92 Å². The molecule has 2 N–H and O–H groups in total. The molecule has 2 bridgehead atoms. The molecule has 9 heteroatoms. The number of amides is 2. The zero-order valence-corrected chi connectivity index (χ0v) is 20.5. The fourth-order valence-electron chi connectivity index (χ4n) is 5.32. The van der Waals surface area contributed by atoms with Gasteiger partial charge in [0, 0.05) is 36.5 Å². The van der Waals surface area contributed by atoms with E-state index in [9.17, 15) is 9.59 Å². The van der Waals surface area contributed by atoms with Gasteiger partial charge in [-0.3, -0.25) is 19.3 Å². The number of aryl methyl sites for hydroxylation is 1. The van der Waals surface area contributed by atoms with Gasteiger partial charge in [-0.1, -0.05) is 0 Å². The summed E-state index contributed by atoms with van der Waals surface area (Å²) in [5.41, 5.74) is 2.83. The Kier molecular flexibility index (Phi) is 5.43. The summed E-state index contributed by atoms with van der Waals surface area (Å²) in [6.45, 7) is 1.79. The van der Waals surface area contributed by atoms with Gasteiger partial charge in [0.25, 0.3) is 5.91 Å². The summed E-state index contributed by atoms with van der Waals surface area (Å²) < 4.78 is 23.1. The minimum Gasteiger partial charge on any atom is -0.456 e. The summed E-state index contributed by atoms with van der Waals surface area (Å²) in [6, 6.07) is 9.69. The Hall–Kier alpha value is -4.27. The van der Waals surface area contributed by atoms with Gasteiger partial charge in [-0.2, -0.15) is 5.10 Å². The second kappa shape index (κ2) is 8.69. The molecule has 4 aromatic rings. The summed E-state index contributed by atoms with van der Waals surface area (Å²) >= 11 is 0. The van der Waals surface area contributed by atoms with Crippen molar-refractivity contribution < 1.29 is 18.7 Å². The highest BCUT2D eigenvalue weighted by Crippen LogP contribution is 2.62. The maximum atomic E-state index is 15.0. The van der Waals surface area contributed by atoms with E-state index < -0.39 is 5.82 Å². The van der Waals surface area contributed by atoms with Gasteiger partial charge in [0.2, 0.25) is 5.91 Å². The molecule has 2 aromatic carbocycles. The lowest BCUT2D eigenvalue weighted by Crippen LogP contribution is -2.59.